The van der Waals surface area contributed by atoms with Crippen LogP contribution < -0.4 is 4.74 Å². The van der Waals surface area contributed by atoms with Gasteiger partial charge in [0, 0.05) is 5.02 Å². The third-order valence-electron chi connectivity index (χ3n) is 3.13. The van der Waals surface area contributed by atoms with Crippen molar-refractivity contribution in [1.29, 1.82) is 0 Å². The fourth-order valence-corrected chi connectivity index (χ4v) is 2.41. The minimum atomic E-state index is 0.0467. The Hall–Kier alpha value is -1.51. The maximum Gasteiger partial charge on any atom is 0.133 e. The number of halogens is 1. The Kier molecular flexibility index (Phi) is 4.13. The van der Waals surface area contributed by atoms with Crippen LogP contribution in [-0.2, 0) is 6.61 Å². The van der Waals surface area contributed by atoms with Crippen molar-refractivity contribution >= 4 is 11.6 Å². The fourth-order valence-electron chi connectivity index (χ4n) is 2.09. The van der Waals surface area contributed by atoms with E-state index in [1.165, 1.54) is 0 Å². The number of aliphatic hydroxyl groups is 1. The van der Waals surface area contributed by atoms with Gasteiger partial charge in [0.05, 0.1) is 6.61 Å². The first-order chi connectivity index (χ1) is 9.01. The third-order valence-corrected chi connectivity index (χ3v) is 3.35. The summed E-state index contributed by atoms with van der Waals surface area (Å²) in [6, 6.07) is 9.45. The molecule has 100 valence electrons. The van der Waals surface area contributed by atoms with Gasteiger partial charge >= 0.3 is 0 Å². The van der Waals surface area contributed by atoms with Gasteiger partial charge in [-0.3, -0.25) is 0 Å². The van der Waals surface area contributed by atoms with Crippen LogP contribution in [0.15, 0.2) is 30.3 Å². The topological polar surface area (TPSA) is 29.5 Å². The summed E-state index contributed by atoms with van der Waals surface area (Å²) < 4.78 is 5.93. The van der Waals surface area contributed by atoms with E-state index in [0.717, 1.165) is 33.8 Å². The van der Waals surface area contributed by atoms with Crippen molar-refractivity contribution in [1.82, 2.24) is 0 Å². The molecular formula is C16H17ClO2. The molecule has 3 heteroatoms. The number of rotatable bonds is 3. The molecular weight excluding hydrogens is 260 g/mol. The van der Waals surface area contributed by atoms with Crippen molar-refractivity contribution in [2.24, 2.45) is 0 Å². The number of aryl methyl sites for hydroxylation is 3. The van der Waals surface area contributed by atoms with Crippen LogP contribution in [0.4, 0.5) is 0 Å². The van der Waals surface area contributed by atoms with Crippen molar-refractivity contribution < 1.29 is 9.84 Å². The van der Waals surface area contributed by atoms with E-state index in [9.17, 15) is 0 Å². The smallest absolute Gasteiger partial charge is 0.133 e. The summed E-state index contributed by atoms with van der Waals surface area (Å²) in [5.41, 5.74) is 3.95. The molecule has 0 spiro atoms. The first-order valence-electron chi connectivity index (χ1n) is 6.16. The number of hydrogen-bond acceptors (Lipinski definition) is 2. The fraction of sp³-hybridized carbons (Fsp3) is 0.250. The Morgan fingerprint density at radius 1 is 1.00 bits per heavy atom. The zero-order valence-corrected chi connectivity index (χ0v) is 12.1. The van der Waals surface area contributed by atoms with Crippen LogP contribution in [-0.4, -0.2) is 5.11 Å². The molecule has 1 N–H and O–H groups in total. The summed E-state index contributed by atoms with van der Waals surface area (Å²) in [6.07, 6.45) is 0. The monoisotopic (exact) mass is 276 g/mol. The molecule has 0 saturated heterocycles. The van der Waals surface area contributed by atoms with E-state index < -0.39 is 0 Å². The van der Waals surface area contributed by atoms with Gasteiger partial charge in [0.15, 0.2) is 0 Å². The van der Waals surface area contributed by atoms with Gasteiger partial charge in [-0.2, -0.15) is 0 Å². The van der Waals surface area contributed by atoms with Crippen LogP contribution in [0.3, 0.4) is 0 Å². The van der Waals surface area contributed by atoms with Crippen LogP contribution >= 0.6 is 11.6 Å². The van der Waals surface area contributed by atoms with Crippen molar-refractivity contribution in [3.05, 3.63) is 57.6 Å². The first kappa shape index (κ1) is 13.9. The quantitative estimate of drug-likeness (QED) is 0.891. The SMILES string of the molecule is Cc1cc(Oc2c(C)cc(Cl)cc2C)ccc1CO. The van der Waals surface area contributed by atoms with Crippen LogP contribution in [0, 0.1) is 20.8 Å². The highest BCUT2D eigenvalue weighted by Crippen LogP contribution is 2.32. The summed E-state index contributed by atoms with van der Waals surface area (Å²) in [4.78, 5) is 0. The molecule has 0 bridgehead atoms. The molecule has 0 atom stereocenters. The zero-order chi connectivity index (χ0) is 14.0. The average Bonchev–Trinajstić information content (AvgIpc) is 2.34. The van der Waals surface area contributed by atoms with Gasteiger partial charge in [0.2, 0.25) is 0 Å². The van der Waals surface area contributed by atoms with Crippen LogP contribution in [0.2, 0.25) is 5.02 Å². The summed E-state index contributed by atoms with van der Waals surface area (Å²) in [5.74, 6) is 1.60. The second-order valence-electron chi connectivity index (χ2n) is 4.72. The van der Waals surface area contributed by atoms with Crippen LogP contribution in [0.5, 0.6) is 11.5 Å². The largest absolute Gasteiger partial charge is 0.457 e. The minimum absolute atomic E-state index is 0.0467. The van der Waals surface area contributed by atoms with Gasteiger partial charge in [-0.15, -0.1) is 0 Å². The highest BCUT2D eigenvalue weighted by molar-refractivity contribution is 6.30. The molecule has 2 nitrogen and oxygen atoms in total. The van der Waals surface area contributed by atoms with Crippen molar-refractivity contribution in [3.63, 3.8) is 0 Å². The van der Waals surface area contributed by atoms with E-state index in [4.69, 9.17) is 21.4 Å². The average molecular weight is 277 g/mol. The van der Waals surface area contributed by atoms with Crippen molar-refractivity contribution in [3.8, 4) is 11.5 Å². The molecule has 0 aliphatic heterocycles. The highest BCUT2D eigenvalue weighted by atomic mass is 35.5. The second-order valence-corrected chi connectivity index (χ2v) is 5.15. The van der Waals surface area contributed by atoms with E-state index in [1.807, 2.05) is 51.1 Å². The van der Waals surface area contributed by atoms with Crippen LogP contribution in [0.25, 0.3) is 0 Å². The normalized spacial score (nSPS) is 10.6. The molecule has 0 aliphatic carbocycles. The molecule has 0 heterocycles. The van der Waals surface area contributed by atoms with Gasteiger partial charge in [-0.25, -0.2) is 0 Å². The molecule has 0 aromatic heterocycles. The lowest BCUT2D eigenvalue weighted by molar-refractivity contribution is 0.281. The maximum absolute atomic E-state index is 9.16. The Labute approximate surface area is 118 Å². The molecule has 2 aromatic carbocycles. The Balaban J connectivity index is 2.34. The minimum Gasteiger partial charge on any atom is -0.457 e. The van der Waals surface area contributed by atoms with E-state index in [0.29, 0.717) is 5.02 Å². The van der Waals surface area contributed by atoms with Gasteiger partial charge < -0.3 is 9.84 Å². The number of benzene rings is 2. The van der Waals surface area contributed by atoms with E-state index in [1.54, 1.807) is 0 Å². The lowest BCUT2D eigenvalue weighted by Gasteiger charge is -2.13. The molecule has 0 amide bonds. The van der Waals surface area contributed by atoms with Crippen molar-refractivity contribution in [2.75, 3.05) is 0 Å². The second kappa shape index (κ2) is 5.64. The van der Waals surface area contributed by atoms with Gasteiger partial charge in [-0.05, 0) is 67.3 Å². The predicted octanol–water partition coefficient (Wildman–Crippen LogP) is 4.55. The summed E-state index contributed by atoms with van der Waals surface area (Å²) >= 11 is 6.01. The number of hydrogen-bond donors (Lipinski definition) is 1. The maximum atomic E-state index is 9.16. The number of aliphatic hydroxyl groups excluding tert-OH is 1. The summed E-state index contributed by atoms with van der Waals surface area (Å²) in [5, 5.41) is 9.88. The molecule has 0 fully saturated rings. The number of ether oxygens (including phenoxy) is 1. The van der Waals surface area contributed by atoms with E-state index in [-0.39, 0.29) is 6.61 Å². The molecule has 2 aromatic rings. The first-order valence-corrected chi connectivity index (χ1v) is 6.54. The molecule has 0 unspecified atom stereocenters. The zero-order valence-electron chi connectivity index (χ0n) is 11.3. The van der Waals surface area contributed by atoms with E-state index >= 15 is 0 Å². The molecule has 0 aliphatic rings. The molecule has 0 radical (unpaired) electrons. The summed E-state index contributed by atoms with van der Waals surface area (Å²) in [6.45, 7) is 5.96. The van der Waals surface area contributed by atoms with Gasteiger partial charge in [-0.1, -0.05) is 17.7 Å². The highest BCUT2D eigenvalue weighted by Gasteiger charge is 2.08. The van der Waals surface area contributed by atoms with Crippen LogP contribution in [0.1, 0.15) is 22.3 Å². The third kappa shape index (κ3) is 3.09. The van der Waals surface area contributed by atoms with Gasteiger partial charge in [0.25, 0.3) is 0 Å². The van der Waals surface area contributed by atoms with E-state index in [2.05, 4.69) is 0 Å². The predicted molar refractivity (Wildman–Crippen MR) is 78.1 cm³/mol. The summed E-state index contributed by atoms with van der Waals surface area (Å²) in [7, 11) is 0. The molecule has 19 heavy (non-hydrogen) atoms. The van der Waals surface area contributed by atoms with Gasteiger partial charge in [0.1, 0.15) is 11.5 Å². The molecule has 0 saturated carbocycles. The molecule has 2 rings (SSSR count). The Morgan fingerprint density at radius 2 is 1.63 bits per heavy atom. The Bertz CT molecular complexity index is 583. The Morgan fingerprint density at radius 3 is 2.16 bits per heavy atom. The lowest BCUT2D eigenvalue weighted by atomic mass is 10.1. The van der Waals surface area contributed by atoms with Crippen molar-refractivity contribution in [2.45, 2.75) is 27.4 Å². The standard InChI is InChI=1S/C16H17ClO2/c1-10-8-15(5-4-13(10)9-18)19-16-11(2)6-14(17)7-12(16)3/h4-8,18H,9H2,1-3H3. The lowest BCUT2D eigenvalue weighted by Crippen LogP contribution is -1.94.